The molecule has 1 aromatic carbocycles. The average molecular weight is 188 g/mol. The summed E-state index contributed by atoms with van der Waals surface area (Å²) in [7, 11) is 0. The minimum absolute atomic E-state index is 0.589. The van der Waals surface area contributed by atoms with Gasteiger partial charge in [0.25, 0.3) is 0 Å². The van der Waals surface area contributed by atoms with Gasteiger partial charge in [-0.15, -0.1) is 0 Å². The summed E-state index contributed by atoms with van der Waals surface area (Å²) in [5.74, 6) is 0. The molecule has 0 aliphatic rings. The van der Waals surface area contributed by atoms with Gasteiger partial charge in [-0.25, -0.2) is 0 Å². The molecule has 14 heavy (non-hydrogen) atoms. The molecule has 0 saturated heterocycles. The van der Waals surface area contributed by atoms with Crippen LogP contribution in [0, 0.1) is 6.92 Å². The van der Waals surface area contributed by atoms with Gasteiger partial charge in [0.2, 0.25) is 0 Å². The number of aliphatic hydroxyl groups is 1. The summed E-state index contributed by atoms with van der Waals surface area (Å²) in [4.78, 5) is 0. The summed E-state index contributed by atoms with van der Waals surface area (Å²) in [6, 6.07) is 7.82. The van der Waals surface area contributed by atoms with E-state index >= 15 is 0 Å². The zero-order chi connectivity index (χ0) is 9.97. The molecule has 0 bridgehead atoms. The molecule has 0 spiro atoms. The van der Waals surface area contributed by atoms with E-state index < -0.39 is 6.10 Å². The molecule has 3 nitrogen and oxygen atoms in total. The molecular formula is C11H12N2O. The summed E-state index contributed by atoms with van der Waals surface area (Å²) in [5.41, 5.74) is 2.86. The van der Waals surface area contributed by atoms with Gasteiger partial charge in [0.1, 0.15) is 6.10 Å². The molecule has 2 N–H and O–H groups in total. The van der Waals surface area contributed by atoms with Crippen LogP contribution in [-0.2, 0) is 0 Å². The minimum atomic E-state index is -0.589. The summed E-state index contributed by atoms with van der Waals surface area (Å²) < 4.78 is 0. The van der Waals surface area contributed by atoms with Gasteiger partial charge in [-0.1, -0.05) is 29.8 Å². The number of nitrogens with one attached hydrogen (secondary N) is 1. The average Bonchev–Trinajstić information content (AvgIpc) is 2.71. The first kappa shape index (κ1) is 8.97. The number of H-pyrrole nitrogens is 1. The van der Waals surface area contributed by atoms with Crippen molar-refractivity contribution in [3.63, 3.8) is 0 Å². The van der Waals surface area contributed by atoms with Gasteiger partial charge in [-0.3, -0.25) is 5.10 Å². The molecule has 0 radical (unpaired) electrons. The Hall–Kier alpha value is -1.61. The quantitative estimate of drug-likeness (QED) is 0.755. The second-order valence-corrected chi connectivity index (χ2v) is 3.34. The molecule has 1 heterocycles. The van der Waals surface area contributed by atoms with Crippen LogP contribution in [0.2, 0.25) is 0 Å². The third kappa shape index (κ3) is 1.67. The van der Waals surface area contributed by atoms with E-state index in [0.29, 0.717) is 0 Å². The molecule has 2 aromatic rings. The smallest absolute Gasteiger partial charge is 0.107 e. The van der Waals surface area contributed by atoms with Crippen molar-refractivity contribution in [1.82, 2.24) is 10.2 Å². The Morgan fingerprint density at radius 2 is 1.93 bits per heavy atom. The Morgan fingerprint density at radius 1 is 1.21 bits per heavy atom. The number of hydrogen-bond donors (Lipinski definition) is 2. The molecule has 0 aliphatic heterocycles. The van der Waals surface area contributed by atoms with E-state index in [1.54, 1.807) is 12.4 Å². The fourth-order valence-corrected chi connectivity index (χ4v) is 1.35. The van der Waals surface area contributed by atoms with Crippen LogP contribution < -0.4 is 0 Å². The first-order chi connectivity index (χ1) is 6.77. The van der Waals surface area contributed by atoms with E-state index in [-0.39, 0.29) is 0 Å². The SMILES string of the molecule is Cc1ccc(C(O)c2cn[nH]c2)cc1. The Bertz CT molecular complexity index is 392. The number of hydrogen-bond acceptors (Lipinski definition) is 2. The predicted octanol–water partition coefficient (Wildman–Crippen LogP) is 1.80. The van der Waals surface area contributed by atoms with Crippen molar-refractivity contribution in [3.8, 4) is 0 Å². The van der Waals surface area contributed by atoms with Gasteiger partial charge < -0.3 is 5.11 Å². The van der Waals surface area contributed by atoms with E-state index in [9.17, 15) is 5.11 Å². The van der Waals surface area contributed by atoms with Gasteiger partial charge in [0.05, 0.1) is 6.20 Å². The molecule has 72 valence electrons. The molecule has 2 rings (SSSR count). The summed E-state index contributed by atoms with van der Waals surface area (Å²) >= 11 is 0. The van der Waals surface area contributed by atoms with Crippen LogP contribution in [0.1, 0.15) is 22.8 Å². The lowest BCUT2D eigenvalue weighted by Crippen LogP contribution is -1.97. The maximum atomic E-state index is 9.91. The molecule has 0 saturated carbocycles. The van der Waals surface area contributed by atoms with Crippen LogP contribution in [0.5, 0.6) is 0 Å². The maximum Gasteiger partial charge on any atom is 0.107 e. The molecular weight excluding hydrogens is 176 g/mol. The van der Waals surface area contributed by atoms with E-state index in [2.05, 4.69) is 10.2 Å². The number of aromatic amines is 1. The molecule has 1 atom stereocenters. The maximum absolute atomic E-state index is 9.91. The van der Waals surface area contributed by atoms with Crippen molar-refractivity contribution >= 4 is 0 Å². The third-order valence-electron chi connectivity index (χ3n) is 2.23. The van der Waals surface area contributed by atoms with Crippen molar-refractivity contribution < 1.29 is 5.11 Å². The molecule has 1 aromatic heterocycles. The van der Waals surface area contributed by atoms with Crippen LogP contribution in [0.3, 0.4) is 0 Å². The van der Waals surface area contributed by atoms with Crippen LogP contribution >= 0.6 is 0 Å². The first-order valence-corrected chi connectivity index (χ1v) is 4.50. The lowest BCUT2D eigenvalue weighted by molar-refractivity contribution is 0.220. The third-order valence-corrected chi connectivity index (χ3v) is 2.23. The summed E-state index contributed by atoms with van der Waals surface area (Å²) in [6.45, 7) is 2.02. The summed E-state index contributed by atoms with van der Waals surface area (Å²) in [6.07, 6.45) is 2.74. The zero-order valence-electron chi connectivity index (χ0n) is 7.94. The topological polar surface area (TPSA) is 48.9 Å². The summed E-state index contributed by atoms with van der Waals surface area (Å²) in [5, 5.41) is 16.4. The minimum Gasteiger partial charge on any atom is -0.384 e. The van der Waals surface area contributed by atoms with Crippen molar-refractivity contribution in [1.29, 1.82) is 0 Å². The van der Waals surface area contributed by atoms with Gasteiger partial charge in [-0.2, -0.15) is 5.10 Å². The lowest BCUT2D eigenvalue weighted by atomic mass is 10.0. The van der Waals surface area contributed by atoms with E-state index in [0.717, 1.165) is 11.1 Å². The van der Waals surface area contributed by atoms with Gasteiger partial charge >= 0.3 is 0 Å². The fraction of sp³-hybridized carbons (Fsp3) is 0.182. The van der Waals surface area contributed by atoms with Gasteiger partial charge in [0, 0.05) is 11.8 Å². The molecule has 0 amide bonds. The Balaban J connectivity index is 2.28. The fourth-order valence-electron chi connectivity index (χ4n) is 1.35. The number of nitrogens with zero attached hydrogens (tertiary/aromatic N) is 1. The Kier molecular flexibility index (Phi) is 2.33. The second kappa shape index (κ2) is 3.64. The highest BCUT2D eigenvalue weighted by atomic mass is 16.3. The van der Waals surface area contributed by atoms with Crippen molar-refractivity contribution in [2.75, 3.05) is 0 Å². The second-order valence-electron chi connectivity index (χ2n) is 3.34. The number of aromatic nitrogens is 2. The lowest BCUT2D eigenvalue weighted by Gasteiger charge is -2.08. The van der Waals surface area contributed by atoms with Crippen molar-refractivity contribution in [2.45, 2.75) is 13.0 Å². The predicted molar refractivity (Wildman–Crippen MR) is 53.8 cm³/mol. The molecule has 0 fully saturated rings. The zero-order valence-corrected chi connectivity index (χ0v) is 7.94. The van der Waals surface area contributed by atoms with E-state index in [4.69, 9.17) is 0 Å². The van der Waals surface area contributed by atoms with Crippen molar-refractivity contribution in [2.24, 2.45) is 0 Å². The number of aliphatic hydroxyl groups excluding tert-OH is 1. The van der Waals surface area contributed by atoms with Gasteiger partial charge in [0.15, 0.2) is 0 Å². The highest BCUT2D eigenvalue weighted by molar-refractivity contribution is 5.29. The monoisotopic (exact) mass is 188 g/mol. The van der Waals surface area contributed by atoms with Crippen LogP contribution in [0.25, 0.3) is 0 Å². The molecule has 0 aliphatic carbocycles. The Morgan fingerprint density at radius 3 is 2.50 bits per heavy atom. The van der Waals surface area contributed by atoms with Crippen LogP contribution in [-0.4, -0.2) is 15.3 Å². The van der Waals surface area contributed by atoms with E-state index in [1.807, 2.05) is 31.2 Å². The largest absolute Gasteiger partial charge is 0.384 e. The standard InChI is InChI=1S/C11H12N2O/c1-8-2-4-9(5-3-8)11(14)10-6-12-13-7-10/h2-7,11,14H,1H3,(H,12,13). The normalized spacial score (nSPS) is 12.7. The van der Waals surface area contributed by atoms with Crippen molar-refractivity contribution in [3.05, 3.63) is 53.3 Å². The Labute approximate surface area is 82.4 Å². The highest BCUT2D eigenvalue weighted by Gasteiger charge is 2.10. The number of rotatable bonds is 2. The van der Waals surface area contributed by atoms with Crippen LogP contribution in [0.15, 0.2) is 36.7 Å². The number of aryl methyl sites for hydroxylation is 1. The highest BCUT2D eigenvalue weighted by Crippen LogP contribution is 2.20. The van der Waals surface area contributed by atoms with Crippen LogP contribution in [0.4, 0.5) is 0 Å². The first-order valence-electron chi connectivity index (χ1n) is 4.50. The molecule has 1 unspecified atom stereocenters. The molecule has 3 heteroatoms. The van der Waals surface area contributed by atoms with Gasteiger partial charge in [-0.05, 0) is 12.5 Å². The number of benzene rings is 1. The van der Waals surface area contributed by atoms with E-state index in [1.165, 1.54) is 5.56 Å².